The molecule has 0 heterocycles. The number of hydrogen-bond donors (Lipinski definition) is 3. The molecule has 0 radical (unpaired) electrons. The number of rotatable bonds is 12. The summed E-state index contributed by atoms with van der Waals surface area (Å²) in [6.45, 7) is 6.90. The lowest BCUT2D eigenvalue weighted by atomic mass is 9.95. The number of hydrogen-bond acceptors (Lipinski definition) is 4. The Bertz CT molecular complexity index is 397. The van der Waals surface area contributed by atoms with Gasteiger partial charge in [-0.25, -0.2) is 0 Å². The Labute approximate surface area is 159 Å². The van der Waals surface area contributed by atoms with Crippen molar-refractivity contribution in [1.29, 1.82) is 0 Å². The fourth-order valence-corrected chi connectivity index (χ4v) is 3.11. The monoisotopic (exact) mass is 369 g/mol. The first-order valence-electron chi connectivity index (χ1n) is 10.1. The van der Waals surface area contributed by atoms with E-state index >= 15 is 0 Å². The highest BCUT2D eigenvalue weighted by Crippen LogP contribution is 2.17. The maximum absolute atomic E-state index is 12.1. The van der Waals surface area contributed by atoms with Crippen molar-refractivity contribution in [3.8, 4) is 0 Å². The van der Waals surface area contributed by atoms with Crippen molar-refractivity contribution in [3.05, 3.63) is 0 Å². The number of ether oxygens (including phenoxy) is 1. The van der Waals surface area contributed by atoms with E-state index in [1.165, 1.54) is 19.3 Å². The summed E-state index contributed by atoms with van der Waals surface area (Å²) in [5.41, 5.74) is 0. The maximum Gasteiger partial charge on any atom is 0.221 e. The predicted molar refractivity (Wildman–Crippen MR) is 108 cm³/mol. The van der Waals surface area contributed by atoms with E-state index in [-0.39, 0.29) is 5.91 Å². The summed E-state index contributed by atoms with van der Waals surface area (Å²) in [6, 6.07) is 0.381. The number of carbonyl (C=O) groups is 1. The molecule has 0 unspecified atom stereocenters. The molecule has 152 valence electrons. The third-order valence-corrected chi connectivity index (χ3v) is 4.60. The zero-order chi connectivity index (χ0) is 19.0. The van der Waals surface area contributed by atoms with Crippen LogP contribution in [0, 0.1) is 0 Å². The van der Waals surface area contributed by atoms with E-state index in [9.17, 15) is 4.79 Å². The molecule has 0 aliphatic heterocycles. The zero-order valence-corrected chi connectivity index (χ0v) is 17.0. The molecule has 0 bridgehead atoms. The molecule has 26 heavy (non-hydrogen) atoms. The third kappa shape index (κ3) is 11.3. The average molecular weight is 370 g/mol. The Morgan fingerprint density at radius 1 is 1.19 bits per heavy atom. The van der Waals surface area contributed by atoms with Gasteiger partial charge in [0, 0.05) is 52.4 Å². The summed E-state index contributed by atoms with van der Waals surface area (Å²) < 4.78 is 5.07. The van der Waals surface area contributed by atoms with Crippen molar-refractivity contribution in [2.24, 2.45) is 4.99 Å². The van der Waals surface area contributed by atoms with Gasteiger partial charge in [0.15, 0.2) is 5.96 Å². The predicted octanol–water partition coefficient (Wildman–Crippen LogP) is 1.35. The minimum absolute atomic E-state index is 0.137. The Morgan fingerprint density at radius 3 is 2.65 bits per heavy atom. The average Bonchev–Trinajstić information content (AvgIpc) is 2.63. The van der Waals surface area contributed by atoms with E-state index in [0.717, 1.165) is 58.0 Å². The van der Waals surface area contributed by atoms with Gasteiger partial charge in [-0.2, -0.15) is 0 Å². The molecule has 0 atom stereocenters. The molecule has 3 N–H and O–H groups in total. The van der Waals surface area contributed by atoms with Crippen LogP contribution in [0.1, 0.15) is 51.9 Å². The summed E-state index contributed by atoms with van der Waals surface area (Å²) in [5, 5.41) is 9.64. The second-order valence-corrected chi connectivity index (χ2v) is 6.99. The summed E-state index contributed by atoms with van der Waals surface area (Å²) in [7, 11) is 3.83. The van der Waals surface area contributed by atoms with Gasteiger partial charge in [-0.3, -0.25) is 9.79 Å². The highest BCUT2D eigenvalue weighted by atomic mass is 16.5. The summed E-state index contributed by atoms with van der Waals surface area (Å²) in [4.78, 5) is 18.9. The lowest BCUT2D eigenvalue weighted by Crippen LogP contribution is -2.41. The molecule has 1 aliphatic carbocycles. The summed E-state index contributed by atoms with van der Waals surface area (Å²) >= 11 is 0. The van der Waals surface area contributed by atoms with Crippen LogP contribution in [0.4, 0.5) is 0 Å². The highest BCUT2D eigenvalue weighted by Gasteiger charge is 2.15. The number of guanidine groups is 1. The van der Waals surface area contributed by atoms with E-state index in [2.05, 4.69) is 32.9 Å². The van der Waals surface area contributed by atoms with E-state index in [4.69, 9.17) is 4.74 Å². The van der Waals surface area contributed by atoms with Gasteiger partial charge < -0.3 is 25.6 Å². The first-order chi connectivity index (χ1) is 12.7. The van der Waals surface area contributed by atoms with Gasteiger partial charge in [-0.05, 0) is 33.2 Å². The second-order valence-electron chi connectivity index (χ2n) is 6.99. The molecule has 0 spiro atoms. The lowest BCUT2D eigenvalue weighted by molar-refractivity contribution is -0.121. The van der Waals surface area contributed by atoms with Gasteiger partial charge in [-0.15, -0.1) is 0 Å². The van der Waals surface area contributed by atoms with Gasteiger partial charge in [0.05, 0.1) is 6.54 Å². The normalized spacial score (nSPS) is 15.9. The van der Waals surface area contributed by atoms with Gasteiger partial charge in [0.1, 0.15) is 0 Å². The number of amides is 1. The van der Waals surface area contributed by atoms with Gasteiger partial charge in [0.2, 0.25) is 5.91 Å². The van der Waals surface area contributed by atoms with Crippen molar-refractivity contribution in [2.75, 3.05) is 53.5 Å². The number of likely N-dealkylation sites (N-methyl/N-ethyl adjacent to an activating group) is 1. The number of nitrogens with one attached hydrogen (secondary N) is 3. The topological polar surface area (TPSA) is 78.0 Å². The second kappa shape index (κ2) is 14.8. The number of aliphatic imine (C=N–C) groups is 1. The minimum Gasteiger partial charge on any atom is -0.385 e. The van der Waals surface area contributed by atoms with Gasteiger partial charge in [0.25, 0.3) is 0 Å². The Morgan fingerprint density at radius 2 is 1.96 bits per heavy atom. The maximum atomic E-state index is 12.1. The van der Waals surface area contributed by atoms with Crippen LogP contribution < -0.4 is 16.0 Å². The van der Waals surface area contributed by atoms with Gasteiger partial charge in [-0.1, -0.05) is 19.3 Å². The van der Waals surface area contributed by atoms with Crippen molar-refractivity contribution in [1.82, 2.24) is 20.9 Å². The van der Waals surface area contributed by atoms with Crippen LogP contribution in [0.2, 0.25) is 0 Å². The van der Waals surface area contributed by atoms with Crippen LogP contribution in [0.25, 0.3) is 0 Å². The minimum atomic E-state index is 0.137. The molecule has 7 nitrogen and oxygen atoms in total. The molecule has 0 saturated heterocycles. The molecular formula is C19H39N5O2. The van der Waals surface area contributed by atoms with E-state index in [0.29, 0.717) is 19.0 Å². The Balaban J connectivity index is 2.20. The van der Waals surface area contributed by atoms with E-state index in [1.54, 1.807) is 7.11 Å². The molecule has 0 aromatic rings. The number of carbonyl (C=O) groups excluding carboxylic acids is 1. The van der Waals surface area contributed by atoms with Crippen LogP contribution in [-0.4, -0.2) is 76.3 Å². The SMILES string of the molecule is CCNC(=NCCN(C)CCCOC)NCCC(=O)NC1CCCCC1. The van der Waals surface area contributed by atoms with Crippen molar-refractivity contribution in [3.63, 3.8) is 0 Å². The molecular weight excluding hydrogens is 330 g/mol. The largest absolute Gasteiger partial charge is 0.385 e. The Hall–Kier alpha value is -1.34. The van der Waals surface area contributed by atoms with Crippen molar-refractivity contribution >= 4 is 11.9 Å². The van der Waals surface area contributed by atoms with E-state index in [1.807, 2.05) is 6.92 Å². The highest BCUT2D eigenvalue weighted by molar-refractivity contribution is 5.81. The molecule has 1 fully saturated rings. The number of methoxy groups -OCH3 is 1. The molecule has 1 saturated carbocycles. The van der Waals surface area contributed by atoms with Crippen LogP contribution in [0.5, 0.6) is 0 Å². The zero-order valence-electron chi connectivity index (χ0n) is 17.0. The first kappa shape index (κ1) is 22.7. The van der Waals surface area contributed by atoms with Gasteiger partial charge >= 0.3 is 0 Å². The quantitative estimate of drug-likeness (QED) is 0.275. The lowest BCUT2D eigenvalue weighted by Gasteiger charge is -2.22. The fraction of sp³-hybridized carbons (Fsp3) is 0.895. The molecule has 0 aromatic heterocycles. The Kier molecular flexibility index (Phi) is 12.9. The molecule has 7 heteroatoms. The van der Waals surface area contributed by atoms with Crippen molar-refractivity contribution in [2.45, 2.75) is 57.9 Å². The summed E-state index contributed by atoms with van der Waals surface area (Å²) in [5.74, 6) is 0.918. The molecule has 1 aliphatic rings. The van der Waals surface area contributed by atoms with E-state index < -0.39 is 0 Å². The fourth-order valence-electron chi connectivity index (χ4n) is 3.11. The van der Waals surface area contributed by atoms with Crippen LogP contribution >= 0.6 is 0 Å². The van der Waals surface area contributed by atoms with Crippen LogP contribution in [0.3, 0.4) is 0 Å². The molecule has 1 amide bonds. The standard InChI is InChI=1S/C19H39N5O2/c1-4-20-19(22-13-15-24(2)14-8-16-26-3)21-12-11-18(25)23-17-9-6-5-7-10-17/h17H,4-16H2,1-3H3,(H,23,25)(H2,20,21,22). The van der Waals surface area contributed by atoms with Crippen LogP contribution in [0.15, 0.2) is 4.99 Å². The first-order valence-corrected chi connectivity index (χ1v) is 10.1. The third-order valence-electron chi connectivity index (χ3n) is 4.60. The number of nitrogens with zero attached hydrogens (tertiary/aromatic N) is 2. The van der Waals surface area contributed by atoms with Crippen molar-refractivity contribution < 1.29 is 9.53 Å². The molecule has 0 aromatic carbocycles. The van der Waals surface area contributed by atoms with Crippen LogP contribution in [-0.2, 0) is 9.53 Å². The smallest absolute Gasteiger partial charge is 0.221 e. The summed E-state index contributed by atoms with van der Waals surface area (Å²) in [6.07, 6.45) is 7.55. The molecule has 1 rings (SSSR count).